The molecule has 1 aliphatic heterocycles. The van der Waals surface area contributed by atoms with Crippen LogP contribution in [-0.2, 0) is 11.0 Å². The molecule has 0 saturated heterocycles. The van der Waals surface area contributed by atoms with Crippen molar-refractivity contribution in [3.63, 3.8) is 0 Å². The van der Waals surface area contributed by atoms with Crippen molar-refractivity contribution in [2.45, 2.75) is 25.6 Å². The first-order chi connectivity index (χ1) is 11.4. The predicted molar refractivity (Wildman–Crippen MR) is 84.3 cm³/mol. The number of hydrogen-bond donors (Lipinski definition) is 0. The molecule has 1 atom stereocenters. The van der Waals surface area contributed by atoms with E-state index in [2.05, 4.69) is 5.10 Å². The quantitative estimate of drug-likeness (QED) is 0.802. The average molecular weight is 332 g/mol. The van der Waals surface area contributed by atoms with Crippen LogP contribution in [0, 0.1) is 0 Å². The molecule has 1 aliphatic rings. The summed E-state index contributed by atoms with van der Waals surface area (Å²) in [7, 11) is 0. The number of hydrogen-bond acceptors (Lipinski definition) is 2. The fourth-order valence-electron chi connectivity index (χ4n) is 2.88. The third-order valence-electron chi connectivity index (χ3n) is 3.96. The molecule has 0 saturated carbocycles. The van der Waals surface area contributed by atoms with Gasteiger partial charge in [-0.3, -0.25) is 4.79 Å². The van der Waals surface area contributed by atoms with E-state index in [4.69, 9.17) is 0 Å². The van der Waals surface area contributed by atoms with Crippen LogP contribution in [-0.4, -0.2) is 16.6 Å². The van der Waals surface area contributed by atoms with Crippen LogP contribution < -0.4 is 0 Å². The fraction of sp³-hybridized carbons (Fsp3) is 0.222. The Morgan fingerprint density at radius 2 is 1.71 bits per heavy atom. The number of carbonyl (C=O) groups excluding carboxylic acids is 1. The zero-order chi connectivity index (χ0) is 17.3. The molecule has 2 aromatic carbocycles. The second-order valence-corrected chi connectivity index (χ2v) is 5.58. The molecule has 0 aliphatic carbocycles. The smallest absolute Gasteiger partial charge is 0.273 e. The number of carbonyl (C=O) groups is 1. The van der Waals surface area contributed by atoms with Crippen molar-refractivity contribution in [2.75, 3.05) is 0 Å². The number of hydrazone groups is 1. The lowest BCUT2D eigenvalue weighted by atomic mass is 9.95. The summed E-state index contributed by atoms with van der Waals surface area (Å²) in [6, 6.07) is 14.1. The Labute approximate surface area is 137 Å². The molecule has 6 heteroatoms. The van der Waals surface area contributed by atoms with Crippen LogP contribution >= 0.6 is 0 Å². The highest BCUT2D eigenvalue weighted by atomic mass is 19.4. The zero-order valence-corrected chi connectivity index (χ0v) is 12.9. The summed E-state index contributed by atoms with van der Waals surface area (Å²) in [5, 5.41) is 5.45. The van der Waals surface area contributed by atoms with Crippen LogP contribution in [0.25, 0.3) is 0 Å². The van der Waals surface area contributed by atoms with Gasteiger partial charge in [0.25, 0.3) is 0 Å². The number of halogens is 3. The van der Waals surface area contributed by atoms with E-state index in [9.17, 15) is 18.0 Å². The summed E-state index contributed by atoms with van der Waals surface area (Å²) in [6.45, 7) is 1.36. The summed E-state index contributed by atoms with van der Waals surface area (Å²) >= 11 is 0. The highest BCUT2D eigenvalue weighted by molar-refractivity contribution is 6.04. The summed E-state index contributed by atoms with van der Waals surface area (Å²) in [6.07, 6.45) is -4.22. The molecule has 1 unspecified atom stereocenters. The van der Waals surface area contributed by atoms with Crippen molar-refractivity contribution in [3.8, 4) is 0 Å². The Balaban J connectivity index is 2.02. The lowest BCUT2D eigenvalue weighted by Gasteiger charge is -2.20. The molecule has 0 radical (unpaired) electrons. The fourth-order valence-corrected chi connectivity index (χ4v) is 2.88. The molecular weight excluding hydrogens is 317 g/mol. The van der Waals surface area contributed by atoms with Crippen LogP contribution in [0.2, 0.25) is 0 Å². The maximum Gasteiger partial charge on any atom is 0.417 e. The molecular formula is C18H15F3N2O. The van der Waals surface area contributed by atoms with Gasteiger partial charge in [0.2, 0.25) is 5.91 Å². The van der Waals surface area contributed by atoms with Crippen molar-refractivity contribution < 1.29 is 18.0 Å². The van der Waals surface area contributed by atoms with Gasteiger partial charge < -0.3 is 0 Å². The summed E-state index contributed by atoms with van der Waals surface area (Å²) in [5.74, 6) is -0.302. The second kappa shape index (κ2) is 6.11. The first-order valence-corrected chi connectivity index (χ1v) is 7.46. The van der Waals surface area contributed by atoms with Crippen molar-refractivity contribution >= 4 is 11.6 Å². The van der Waals surface area contributed by atoms with Crippen molar-refractivity contribution in [1.82, 2.24) is 5.01 Å². The third-order valence-corrected chi connectivity index (χ3v) is 3.96. The van der Waals surface area contributed by atoms with Gasteiger partial charge in [0.05, 0.1) is 17.3 Å². The van der Waals surface area contributed by atoms with E-state index in [0.29, 0.717) is 0 Å². The molecule has 24 heavy (non-hydrogen) atoms. The van der Waals surface area contributed by atoms with Gasteiger partial charge in [-0.25, -0.2) is 5.01 Å². The Morgan fingerprint density at radius 1 is 1.08 bits per heavy atom. The number of nitrogens with zero attached hydrogens (tertiary/aromatic N) is 2. The summed E-state index contributed by atoms with van der Waals surface area (Å²) < 4.78 is 39.7. The number of amides is 1. The molecule has 3 nitrogen and oxygen atoms in total. The van der Waals surface area contributed by atoms with Gasteiger partial charge in [-0.15, -0.1) is 0 Å². The highest BCUT2D eigenvalue weighted by Crippen LogP contribution is 2.37. The predicted octanol–water partition coefficient (Wildman–Crippen LogP) is 4.40. The molecule has 0 aromatic heterocycles. The maximum absolute atomic E-state index is 13.2. The van der Waals surface area contributed by atoms with Gasteiger partial charge in [0, 0.05) is 18.9 Å². The van der Waals surface area contributed by atoms with E-state index in [0.717, 1.165) is 11.6 Å². The number of alkyl halides is 3. The van der Waals surface area contributed by atoms with Crippen LogP contribution in [0.4, 0.5) is 13.2 Å². The average Bonchev–Trinajstić information content (AvgIpc) is 3.00. The van der Waals surface area contributed by atoms with E-state index in [1.165, 1.54) is 24.1 Å². The molecule has 1 heterocycles. The first-order valence-electron chi connectivity index (χ1n) is 7.46. The van der Waals surface area contributed by atoms with Crippen molar-refractivity contribution in [2.24, 2.45) is 5.10 Å². The normalized spacial score (nSPS) is 17.8. The van der Waals surface area contributed by atoms with Gasteiger partial charge in [-0.1, -0.05) is 48.5 Å². The number of benzene rings is 2. The summed E-state index contributed by atoms with van der Waals surface area (Å²) in [4.78, 5) is 11.9. The van der Waals surface area contributed by atoms with Gasteiger partial charge in [0.15, 0.2) is 0 Å². The van der Waals surface area contributed by atoms with Crippen molar-refractivity contribution in [1.29, 1.82) is 0 Å². The van der Waals surface area contributed by atoms with Crippen LogP contribution in [0.15, 0.2) is 59.7 Å². The van der Waals surface area contributed by atoms with Crippen molar-refractivity contribution in [3.05, 3.63) is 71.3 Å². The van der Waals surface area contributed by atoms with Gasteiger partial charge in [-0.05, 0) is 11.6 Å². The Hall–Kier alpha value is -2.63. The lowest BCUT2D eigenvalue weighted by Crippen LogP contribution is -2.24. The van der Waals surface area contributed by atoms with E-state index in [1.807, 2.05) is 30.3 Å². The Kier molecular flexibility index (Phi) is 4.13. The molecule has 124 valence electrons. The maximum atomic E-state index is 13.2. The Bertz CT molecular complexity index is 784. The van der Waals surface area contributed by atoms with Crippen LogP contribution in [0.1, 0.15) is 36.1 Å². The van der Waals surface area contributed by atoms with E-state index < -0.39 is 11.7 Å². The number of rotatable bonds is 2. The minimum Gasteiger partial charge on any atom is -0.273 e. The molecule has 0 bridgehead atoms. The first kappa shape index (κ1) is 16.2. The van der Waals surface area contributed by atoms with Crippen LogP contribution in [0.3, 0.4) is 0 Å². The minimum atomic E-state index is -4.47. The second-order valence-electron chi connectivity index (χ2n) is 5.58. The largest absolute Gasteiger partial charge is 0.417 e. The molecule has 0 N–H and O–H groups in total. The van der Waals surface area contributed by atoms with E-state index in [-0.39, 0.29) is 29.6 Å². The molecule has 3 rings (SSSR count). The third kappa shape index (κ3) is 3.04. The zero-order valence-electron chi connectivity index (χ0n) is 12.9. The summed E-state index contributed by atoms with van der Waals surface area (Å²) in [5.41, 5.74) is 0.401. The van der Waals surface area contributed by atoms with E-state index in [1.54, 1.807) is 6.07 Å². The lowest BCUT2D eigenvalue weighted by molar-refractivity contribution is -0.137. The standard InChI is InChI=1S/C18H15F3N2O/c1-12(24)23-17(13-7-3-2-4-8-13)11-16(22-23)14-9-5-6-10-15(14)18(19,20)21/h2-10,17H,11H2,1H3. The van der Waals surface area contributed by atoms with Gasteiger partial charge in [0.1, 0.15) is 0 Å². The van der Waals surface area contributed by atoms with Gasteiger partial charge in [-0.2, -0.15) is 18.3 Å². The molecule has 2 aromatic rings. The SMILES string of the molecule is CC(=O)N1N=C(c2ccccc2C(F)(F)F)CC1c1ccccc1. The van der Waals surface area contributed by atoms with Gasteiger partial charge >= 0.3 is 6.18 Å². The highest BCUT2D eigenvalue weighted by Gasteiger charge is 2.37. The molecule has 1 amide bonds. The Morgan fingerprint density at radius 3 is 2.33 bits per heavy atom. The monoisotopic (exact) mass is 332 g/mol. The minimum absolute atomic E-state index is 0.0229. The van der Waals surface area contributed by atoms with E-state index >= 15 is 0 Å². The molecule has 0 spiro atoms. The molecule has 0 fully saturated rings. The van der Waals surface area contributed by atoms with Crippen LogP contribution in [0.5, 0.6) is 0 Å². The topological polar surface area (TPSA) is 32.7 Å².